The number of hydrogen-bond donors (Lipinski definition) is 2. The average molecular weight is 470 g/mol. The molecule has 2 amide bonds. The summed E-state index contributed by atoms with van der Waals surface area (Å²) in [6, 6.07) is 10.4. The minimum absolute atomic E-state index is 0.00544. The second-order valence-electron chi connectivity index (χ2n) is 9.68. The first-order chi connectivity index (χ1) is 16.4. The number of carbonyl (C=O) groups is 2. The number of nitrogens with two attached hydrogens (primary N) is 1. The molecule has 0 heterocycles. The molecule has 2 aromatic rings. The predicted octanol–water partition coefficient (Wildman–Crippen LogP) is 5.40. The number of amides is 2. The van der Waals surface area contributed by atoms with Crippen molar-refractivity contribution < 1.29 is 18.4 Å². The Bertz CT molecular complexity index is 994. The molecule has 2 aromatic carbocycles. The summed E-state index contributed by atoms with van der Waals surface area (Å²) in [5, 5.41) is 3.03. The molecular weight excluding hydrogens is 436 g/mol. The Morgan fingerprint density at radius 3 is 2.26 bits per heavy atom. The summed E-state index contributed by atoms with van der Waals surface area (Å²) in [5.74, 6) is -1.87. The maximum Gasteiger partial charge on any atom is 0.254 e. The predicted molar refractivity (Wildman–Crippen MR) is 128 cm³/mol. The van der Waals surface area contributed by atoms with Crippen LogP contribution < -0.4 is 11.1 Å². The number of nitrogens with one attached hydrogen (secondary N) is 1. The summed E-state index contributed by atoms with van der Waals surface area (Å²) < 4.78 is 27.7. The van der Waals surface area contributed by atoms with Crippen molar-refractivity contribution in [1.29, 1.82) is 0 Å². The minimum Gasteiger partial charge on any atom is -0.331 e. The second kappa shape index (κ2) is 11.1. The van der Waals surface area contributed by atoms with Crippen molar-refractivity contribution in [2.24, 2.45) is 11.7 Å². The van der Waals surface area contributed by atoms with Crippen molar-refractivity contribution in [3.05, 3.63) is 65.2 Å². The quantitative estimate of drug-likeness (QED) is 0.595. The Morgan fingerprint density at radius 1 is 0.912 bits per heavy atom. The summed E-state index contributed by atoms with van der Waals surface area (Å²) in [6.07, 6.45) is 8.26. The lowest BCUT2D eigenvalue weighted by Crippen LogP contribution is -2.44. The topological polar surface area (TPSA) is 75.4 Å². The highest BCUT2D eigenvalue weighted by molar-refractivity contribution is 5.94. The summed E-state index contributed by atoms with van der Waals surface area (Å²) in [5.41, 5.74) is 7.60. The van der Waals surface area contributed by atoms with Crippen LogP contribution in [0, 0.1) is 17.6 Å². The van der Waals surface area contributed by atoms with E-state index >= 15 is 0 Å². The summed E-state index contributed by atoms with van der Waals surface area (Å²) >= 11 is 0. The highest BCUT2D eigenvalue weighted by atomic mass is 19.1. The van der Waals surface area contributed by atoms with E-state index in [4.69, 9.17) is 5.73 Å². The van der Waals surface area contributed by atoms with Gasteiger partial charge in [0, 0.05) is 41.9 Å². The maximum absolute atomic E-state index is 13.8. The van der Waals surface area contributed by atoms with Gasteiger partial charge in [0.15, 0.2) is 0 Å². The molecule has 0 spiro atoms. The summed E-state index contributed by atoms with van der Waals surface area (Å²) in [7, 11) is 0. The SMILES string of the molecule is NC1CCC(N(Cc2cccc(NC(=O)C3CCCCC3)c2)C(=O)c2cc(F)cc(F)c2)CC1. The largest absolute Gasteiger partial charge is 0.331 e. The molecule has 2 saturated carbocycles. The Kier molecular flexibility index (Phi) is 7.93. The second-order valence-corrected chi connectivity index (χ2v) is 9.68. The minimum atomic E-state index is -0.776. The molecule has 0 radical (unpaired) electrons. The van der Waals surface area contributed by atoms with Gasteiger partial charge in [-0.05, 0) is 68.4 Å². The van der Waals surface area contributed by atoms with Gasteiger partial charge in [-0.25, -0.2) is 8.78 Å². The van der Waals surface area contributed by atoms with Crippen LogP contribution in [0.2, 0.25) is 0 Å². The lowest BCUT2D eigenvalue weighted by Gasteiger charge is -2.36. The third kappa shape index (κ3) is 6.20. The van der Waals surface area contributed by atoms with Crippen LogP contribution in [0.3, 0.4) is 0 Å². The molecule has 0 aliphatic heterocycles. The van der Waals surface area contributed by atoms with Crippen molar-refractivity contribution in [1.82, 2.24) is 4.90 Å². The van der Waals surface area contributed by atoms with E-state index in [2.05, 4.69) is 5.32 Å². The van der Waals surface area contributed by atoms with E-state index in [1.165, 1.54) is 6.42 Å². The molecule has 182 valence electrons. The first kappa shape index (κ1) is 24.3. The number of anilines is 1. The molecular formula is C27H33F2N3O2. The molecule has 0 atom stereocenters. The molecule has 0 saturated heterocycles. The molecule has 0 unspecified atom stereocenters. The third-order valence-corrected chi connectivity index (χ3v) is 7.08. The molecule has 7 heteroatoms. The van der Waals surface area contributed by atoms with Gasteiger partial charge in [0.05, 0.1) is 0 Å². The van der Waals surface area contributed by atoms with Gasteiger partial charge in [0.2, 0.25) is 5.91 Å². The van der Waals surface area contributed by atoms with Crippen molar-refractivity contribution >= 4 is 17.5 Å². The monoisotopic (exact) mass is 469 g/mol. The first-order valence-electron chi connectivity index (χ1n) is 12.3. The van der Waals surface area contributed by atoms with Crippen LogP contribution in [0.4, 0.5) is 14.5 Å². The van der Waals surface area contributed by atoms with Crippen LogP contribution in [0.15, 0.2) is 42.5 Å². The normalized spacial score (nSPS) is 21.1. The number of carbonyl (C=O) groups excluding carboxylic acids is 2. The number of benzene rings is 2. The lowest BCUT2D eigenvalue weighted by molar-refractivity contribution is -0.120. The van der Waals surface area contributed by atoms with Gasteiger partial charge in [-0.3, -0.25) is 9.59 Å². The fourth-order valence-electron chi connectivity index (χ4n) is 5.18. The Hall–Kier alpha value is -2.80. The molecule has 3 N–H and O–H groups in total. The molecule has 5 nitrogen and oxygen atoms in total. The van der Waals surface area contributed by atoms with Gasteiger partial charge in [0.1, 0.15) is 11.6 Å². The molecule has 34 heavy (non-hydrogen) atoms. The lowest BCUT2D eigenvalue weighted by atomic mass is 9.88. The van der Waals surface area contributed by atoms with Gasteiger partial charge in [-0.1, -0.05) is 31.4 Å². The van der Waals surface area contributed by atoms with Crippen LogP contribution in [0.1, 0.15) is 73.7 Å². The molecule has 0 aromatic heterocycles. The fourth-order valence-corrected chi connectivity index (χ4v) is 5.18. The summed E-state index contributed by atoms with van der Waals surface area (Å²) in [6.45, 7) is 0.282. The van der Waals surface area contributed by atoms with Gasteiger partial charge >= 0.3 is 0 Å². The number of nitrogens with zero attached hydrogens (tertiary/aromatic N) is 1. The molecule has 2 fully saturated rings. The van der Waals surface area contributed by atoms with E-state index < -0.39 is 17.5 Å². The van der Waals surface area contributed by atoms with Crippen LogP contribution in [0.5, 0.6) is 0 Å². The Labute approximate surface area is 199 Å². The van der Waals surface area contributed by atoms with Crippen LogP contribution in [-0.4, -0.2) is 28.8 Å². The van der Waals surface area contributed by atoms with E-state index in [-0.39, 0.29) is 36.0 Å². The summed E-state index contributed by atoms with van der Waals surface area (Å²) in [4.78, 5) is 27.8. The van der Waals surface area contributed by atoms with Crippen LogP contribution in [-0.2, 0) is 11.3 Å². The van der Waals surface area contributed by atoms with Crippen LogP contribution in [0.25, 0.3) is 0 Å². The van der Waals surface area contributed by atoms with Gasteiger partial charge < -0.3 is 16.0 Å². The van der Waals surface area contributed by atoms with Gasteiger partial charge in [0.25, 0.3) is 5.91 Å². The van der Waals surface area contributed by atoms with Crippen molar-refractivity contribution in [2.45, 2.75) is 76.4 Å². The van der Waals surface area contributed by atoms with E-state index in [0.29, 0.717) is 5.69 Å². The van der Waals surface area contributed by atoms with Crippen LogP contribution >= 0.6 is 0 Å². The zero-order chi connectivity index (χ0) is 24.1. The highest BCUT2D eigenvalue weighted by Crippen LogP contribution is 2.28. The fraction of sp³-hybridized carbons (Fsp3) is 0.481. The average Bonchev–Trinajstić information content (AvgIpc) is 2.83. The third-order valence-electron chi connectivity index (χ3n) is 7.08. The smallest absolute Gasteiger partial charge is 0.254 e. The molecule has 2 aliphatic rings. The zero-order valence-corrected chi connectivity index (χ0v) is 19.4. The Balaban J connectivity index is 1.53. The Morgan fingerprint density at radius 2 is 1.59 bits per heavy atom. The van der Waals surface area contributed by atoms with Crippen molar-refractivity contribution in [3.63, 3.8) is 0 Å². The van der Waals surface area contributed by atoms with E-state index in [0.717, 1.165) is 75.1 Å². The number of hydrogen-bond acceptors (Lipinski definition) is 3. The van der Waals surface area contributed by atoms with Gasteiger partial charge in [-0.15, -0.1) is 0 Å². The van der Waals surface area contributed by atoms with Gasteiger partial charge in [-0.2, -0.15) is 0 Å². The van der Waals surface area contributed by atoms with Crippen molar-refractivity contribution in [3.8, 4) is 0 Å². The maximum atomic E-state index is 13.8. The number of halogens is 2. The molecule has 2 aliphatic carbocycles. The van der Waals surface area contributed by atoms with Crippen molar-refractivity contribution in [2.75, 3.05) is 5.32 Å². The first-order valence-corrected chi connectivity index (χ1v) is 12.3. The van der Waals surface area contributed by atoms with E-state index in [1.54, 1.807) is 4.90 Å². The number of rotatable bonds is 6. The molecule has 4 rings (SSSR count). The van der Waals surface area contributed by atoms with E-state index in [9.17, 15) is 18.4 Å². The molecule has 0 bridgehead atoms. The zero-order valence-electron chi connectivity index (χ0n) is 19.4. The van der Waals surface area contributed by atoms with E-state index in [1.807, 2.05) is 24.3 Å². The standard InChI is InChI=1S/C27H33F2N3O2/c28-21-14-20(15-22(29)16-21)27(34)32(25-11-9-23(30)10-12-25)17-18-5-4-8-24(13-18)31-26(33)19-6-2-1-3-7-19/h4-5,8,13-16,19,23,25H,1-3,6-7,9-12,17,30H2,(H,31,33). The highest BCUT2D eigenvalue weighted by Gasteiger charge is 2.29.